The van der Waals surface area contributed by atoms with Crippen LogP contribution >= 0.6 is 0 Å². The van der Waals surface area contributed by atoms with Crippen molar-refractivity contribution >= 4 is 0 Å². The molecule has 10 atom stereocenters. The molecule has 7 N–H and O–H groups in total. The van der Waals surface area contributed by atoms with Gasteiger partial charge in [-0.2, -0.15) is 0 Å². The number of fused-ring (bicyclic) bond motifs is 1. The third-order valence-corrected chi connectivity index (χ3v) is 5.25. The third kappa shape index (κ3) is 2.97. The number of aliphatic hydroxyl groups is 7. The first-order valence-electron chi connectivity index (χ1n) is 8.04. The number of aliphatic hydroxyl groups excluding tert-OH is 5. The van der Waals surface area contributed by atoms with Crippen LogP contribution in [0.15, 0.2) is 12.3 Å². The average Bonchev–Trinajstić information content (AvgIpc) is 2.73. The Hall–Kier alpha value is -0.820. The highest BCUT2D eigenvalue weighted by Crippen LogP contribution is 2.49. The monoisotopic (exact) mass is 364 g/mol. The molecule has 25 heavy (non-hydrogen) atoms. The molecular weight excluding hydrogens is 340 g/mol. The van der Waals surface area contributed by atoms with Crippen LogP contribution in [-0.4, -0.2) is 96.7 Å². The summed E-state index contributed by atoms with van der Waals surface area (Å²) in [4.78, 5) is 0. The van der Waals surface area contributed by atoms with Crippen molar-refractivity contribution in [2.24, 2.45) is 5.92 Å². The van der Waals surface area contributed by atoms with Gasteiger partial charge in [0.15, 0.2) is 6.29 Å². The van der Waals surface area contributed by atoms with Crippen LogP contribution in [0.4, 0.5) is 0 Å². The minimum absolute atomic E-state index is 0.129. The van der Waals surface area contributed by atoms with Crippen LogP contribution in [0.1, 0.15) is 13.3 Å². The van der Waals surface area contributed by atoms with Crippen molar-refractivity contribution < 1.29 is 50.0 Å². The molecule has 0 radical (unpaired) electrons. The summed E-state index contributed by atoms with van der Waals surface area (Å²) in [7, 11) is 0. The molecule has 2 aliphatic heterocycles. The van der Waals surface area contributed by atoms with Crippen molar-refractivity contribution in [3.63, 3.8) is 0 Å². The molecule has 144 valence electrons. The molecule has 1 saturated heterocycles. The van der Waals surface area contributed by atoms with E-state index in [2.05, 4.69) is 0 Å². The Bertz CT molecular complexity index is 522. The Morgan fingerprint density at radius 2 is 1.76 bits per heavy atom. The maximum absolute atomic E-state index is 10.7. The molecule has 0 bridgehead atoms. The van der Waals surface area contributed by atoms with Gasteiger partial charge >= 0.3 is 0 Å². The smallest absolute Gasteiger partial charge is 0.210 e. The lowest BCUT2D eigenvalue weighted by Gasteiger charge is -2.45. The zero-order valence-corrected chi connectivity index (χ0v) is 13.5. The van der Waals surface area contributed by atoms with Crippen LogP contribution in [0.5, 0.6) is 0 Å². The second-order valence-electron chi connectivity index (χ2n) is 7.08. The van der Waals surface area contributed by atoms with Crippen molar-refractivity contribution in [3.05, 3.63) is 12.3 Å². The normalized spacial score (nSPS) is 55.7. The van der Waals surface area contributed by atoms with Crippen LogP contribution in [0.25, 0.3) is 0 Å². The van der Waals surface area contributed by atoms with E-state index in [1.165, 1.54) is 13.0 Å². The highest BCUT2D eigenvalue weighted by atomic mass is 16.8. The van der Waals surface area contributed by atoms with Gasteiger partial charge in [-0.15, -0.1) is 0 Å². The summed E-state index contributed by atoms with van der Waals surface area (Å²) in [5.74, 6) is -1.10. The fourth-order valence-electron chi connectivity index (χ4n) is 3.84. The maximum Gasteiger partial charge on any atom is 0.210 e. The van der Waals surface area contributed by atoms with Gasteiger partial charge in [0.2, 0.25) is 6.29 Å². The van der Waals surface area contributed by atoms with Gasteiger partial charge in [-0.05, 0) is 13.0 Å². The van der Waals surface area contributed by atoms with E-state index in [4.69, 9.17) is 14.2 Å². The van der Waals surface area contributed by atoms with E-state index in [9.17, 15) is 35.7 Å². The molecular formula is C15H24O10. The van der Waals surface area contributed by atoms with Gasteiger partial charge in [0.1, 0.15) is 30.0 Å². The molecule has 0 aromatic carbocycles. The van der Waals surface area contributed by atoms with Crippen LogP contribution in [-0.2, 0) is 14.2 Å². The standard InChI is InChI=1S/C15H24O10/c1-14(21)4-7(17)15(22)2-3-23-13(11(14)15)25-12-10(20)9(19)8(18)6(5-16)24-12/h2-3,6-13,16-22H,4-5H2,1H3/t6-,7+,8-,9+,10-,11-,12+,13+,14-,15+/m1/s1. The van der Waals surface area contributed by atoms with Gasteiger partial charge < -0.3 is 50.0 Å². The quantitative estimate of drug-likeness (QED) is 0.267. The summed E-state index contributed by atoms with van der Waals surface area (Å²) in [6, 6.07) is 0. The lowest BCUT2D eigenvalue weighted by atomic mass is 9.81. The maximum atomic E-state index is 10.7. The molecule has 1 saturated carbocycles. The summed E-state index contributed by atoms with van der Waals surface area (Å²) in [6.07, 6.45) is -7.87. The van der Waals surface area contributed by atoms with Crippen LogP contribution < -0.4 is 0 Å². The Kier molecular flexibility index (Phi) is 4.86. The molecule has 0 unspecified atom stereocenters. The first-order chi connectivity index (χ1) is 11.6. The predicted octanol–water partition coefficient (Wildman–Crippen LogP) is -3.46. The highest BCUT2D eigenvalue weighted by Gasteiger charge is 2.64. The minimum atomic E-state index is -1.81. The fourth-order valence-corrected chi connectivity index (χ4v) is 3.84. The minimum Gasteiger partial charge on any atom is -0.472 e. The van der Waals surface area contributed by atoms with E-state index in [1.807, 2.05) is 0 Å². The molecule has 0 spiro atoms. The Morgan fingerprint density at radius 1 is 1.08 bits per heavy atom. The van der Waals surface area contributed by atoms with E-state index >= 15 is 0 Å². The van der Waals surface area contributed by atoms with Crippen LogP contribution in [0.3, 0.4) is 0 Å². The molecule has 0 amide bonds. The number of hydrogen-bond acceptors (Lipinski definition) is 10. The fraction of sp³-hybridized carbons (Fsp3) is 0.867. The van der Waals surface area contributed by atoms with E-state index in [0.717, 1.165) is 6.26 Å². The van der Waals surface area contributed by atoms with E-state index < -0.39 is 66.8 Å². The topological polar surface area (TPSA) is 169 Å². The van der Waals surface area contributed by atoms with E-state index in [0.29, 0.717) is 0 Å². The van der Waals surface area contributed by atoms with Crippen LogP contribution in [0, 0.1) is 5.92 Å². The molecule has 2 fully saturated rings. The average molecular weight is 364 g/mol. The molecule has 2 heterocycles. The second-order valence-corrected chi connectivity index (χ2v) is 7.08. The molecule has 0 aromatic rings. The first-order valence-corrected chi connectivity index (χ1v) is 8.04. The molecule has 0 aromatic heterocycles. The Balaban J connectivity index is 1.81. The summed E-state index contributed by atoms with van der Waals surface area (Å²) in [5, 5.41) is 70.2. The molecule has 1 aliphatic carbocycles. The molecule has 10 heteroatoms. The predicted molar refractivity (Wildman–Crippen MR) is 78.6 cm³/mol. The van der Waals surface area contributed by atoms with Gasteiger partial charge in [-0.1, -0.05) is 0 Å². The molecule has 3 rings (SSSR count). The first kappa shape index (κ1) is 19.0. The van der Waals surface area contributed by atoms with Crippen molar-refractivity contribution in [1.82, 2.24) is 0 Å². The van der Waals surface area contributed by atoms with Gasteiger partial charge in [0.05, 0.1) is 30.5 Å². The molecule has 3 aliphatic rings. The summed E-state index contributed by atoms with van der Waals surface area (Å²) < 4.78 is 16.0. The lowest BCUT2D eigenvalue weighted by Crippen LogP contribution is -2.61. The largest absolute Gasteiger partial charge is 0.472 e. The van der Waals surface area contributed by atoms with Crippen molar-refractivity contribution in [3.8, 4) is 0 Å². The van der Waals surface area contributed by atoms with Gasteiger partial charge in [0.25, 0.3) is 0 Å². The van der Waals surface area contributed by atoms with Gasteiger partial charge in [-0.25, -0.2) is 0 Å². The summed E-state index contributed by atoms with van der Waals surface area (Å²) >= 11 is 0. The van der Waals surface area contributed by atoms with Crippen molar-refractivity contribution in [1.29, 1.82) is 0 Å². The van der Waals surface area contributed by atoms with Crippen molar-refractivity contribution in [2.45, 2.75) is 67.6 Å². The Labute approximate surface area is 143 Å². The van der Waals surface area contributed by atoms with E-state index in [-0.39, 0.29) is 6.42 Å². The lowest BCUT2D eigenvalue weighted by molar-refractivity contribution is -0.351. The van der Waals surface area contributed by atoms with E-state index in [1.54, 1.807) is 0 Å². The van der Waals surface area contributed by atoms with Gasteiger partial charge in [0, 0.05) is 6.42 Å². The number of ether oxygens (including phenoxy) is 3. The second kappa shape index (κ2) is 6.41. The van der Waals surface area contributed by atoms with Crippen molar-refractivity contribution in [2.75, 3.05) is 6.61 Å². The SMILES string of the molecule is C[C@@]1(O)C[C@H](O)[C@@]2(O)C=CO[C@@H](O[C@@H]3O[C@H](CO)[C@@H](O)[C@H](O)[C@H]3O)[C@@H]21. The number of rotatable bonds is 3. The Morgan fingerprint density at radius 3 is 2.40 bits per heavy atom. The zero-order chi connectivity index (χ0) is 18.6. The number of hydrogen-bond donors (Lipinski definition) is 7. The highest BCUT2D eigenvalue weighted by molar-refractivity contribution is 5.21. The van der Waals surface area contributed by atoms with Gasteiger partial charge in [-0.3, -0.25) is 0 Å². The summed E-state index contributed by atoms with van der Waals surface area (Å²) in [5.41, 5.74) is -3.35. The van der Waals surface area contributed by atoms with Crippen LogP contribution in [0.2, 0.25) is 0 Å². The summed E-state index contributed by atoms with van der Waals surface area (Å²) in [6.45, 7) is 0.783. The molecule has 10 nitrogen and oxygen atoms in total. The third-order valence-electron chi connectivity index (χ3n) is 5.25. The zero-order valence-electron chi connectivity index (χ0n) is 13.5.